The third-order valence-electron chi connectivity index (χ3n) is 4.78. The number of urea groups is 1. The number of hydrogen-bond donors (Lipinski definition) is 4. The summed E-state index contributed by atoms with van der Waals surface area (Å²) < 4.78 is 45.1. The highest BCUT2D eigenvalue weighted by Gasteiger charge is 2.33. The molecule has 4 N–H and O–H groups in total. The largest absolute Gasteiger partial charge is 0.455 e. The quantitative estimate of drug-likeness (QED) is 0.322. The van der Waals surface area contributed by atoms with Gasteiger partial charge in [0.05, 0.1) is 22.5 Å². The number of rotatable bonds is 5. The number of alkyl halides is 3. The number of amides is 2. The van der Waals surface area contributed by atoms with Crippen molar-refractivity contribution in [3.63, 3.8) is 0 Å². The van der Waals surface area contributed by atoms with Gasteiger partial charge in [0.25, 0.3) is 5.56 Å². The Kier molecular flexibility index (Phi) is 6.94. The van der Waals surface area contributed by atoms with Crippen LogP contribution >= 0.6 is 23.4 Å². The third kappa shape index (κ3) is 5.72. The maximum atomic E-state index is 13.1. The number of carbonyl (C=O) groups excluding carboxylic acids is 1. The van der Waals surface area contributed by atoms with Gasteiger partial charge in [0, 0.05) is 17.1 Å². The van der Waals surface area contributed by atoms with Crippen molar-refractivity contribution in [1.29, 1.82) is 0 Å². The summed E-state index contributed by atoms with van der Waals surface area (Å²) in [5, 5.41) is 7.55. The lowest BCUT2D eigenvalue weighted by molar-refractivity contribution is -0.137. The molecule has 1 aliphatic heterocycles. The van der Waals surface area contributed by atoms with Crippen LogP contribution in [0.1, 0.15) is 11.3 Å². The number of H-pyrrole nitrogens is 1. The number of nitrogens with one attached hydrogen (secondary N) is 4. The first-order chi connectivity index (χ1) is 16.6. The van der Waals surface area contributed by atoms with Crippen molar-refractivity contribution in [2.45, 2.75) is 11.1 Å². The van der Waals surface area contributed by atoms with Gasteiger partial charge in [0.1, 0.15) is 11.4 Å². The number of benzene rings is 2. The molecule has 2 aromatic carbocycles. The highest BCUT2D eigenvalue weighted by atomic mass is 35.5. The number of thioether (sulfide) groups is 1. The summed E-state index contributed by atoms with van der Waals surface area (Å²) in [5.41, 5.74) is -0.655. The summed E-state index contributed by atoms with van der Waals surface area (Å²) >= 11 is 6.94. The fourth-order valence-electron chi connectivity index (χ4n) is 3.22. The first-order valence-corrected chi connectivity index (χ1v) is 11.6. The standard InChI is InChI=1S/C22H17ClF3N5O3S/c1-35-17-9-12(34-16-6-7-27-20-19(16)31-18(32)10-28-20)3-5-15(17)30-21(33)29-11-2-4-14(23)13(8-11)22(24,25)26/h2-6,8-10H,7H2,1H3,(H,27,28)(H,31,32)(H2,29,30,33). The average molecular weight is 524 g/mol. The lowest BCUT2D eigenvalue weighted by atomic mass is 10.2. The lowest BCUT2D eigenvalue weighted by Gasteiger charge is -2.19. The second kappa shape index (κ2) is 9.92. The summed E-state index contributed by atoms with van der Waals surface area (Å²) in [4.78, 5) is 31.5. The van der Waals surface area contributed by atoms with Crippen LogP contribution in [0.5, 0.6) is 5.75 Å². The minimum Gasteiger partial charge on any atom is -0.455 e. The van der Waals surface area contributed by atoms with E-state index >= 15 is 0 Å². The number of aromatic nitrogens is 2. The number of fused-ring (bicyclic) bond motifs is 1. The van der Waals surface area contributed by atoms with Gasteiger partial charge in [-0.3, -0.25) is 4.79 Å². The van der Waals surface area contributed by atoms with Crippen molar-refractivity contribution < 1.29 is 22.7 Å². The molecule has 0 atom stereocenters. The van der Waals surface area contributed by atoms with E-state index in [4.69, 9.17) is 16.3 Å². The number of ether oxygens (including phenoxy) is 1. The lowest BCUT2D eigenvalue weighted by Crippen LogP contribution is -2.20. The minimum atomic E-state index is -4.65. The molecule has 3 aromatic rings. The molecule has 0 aliphatic carbocycles. The first kappa shape index (κ1) is 24.5. The van der Waals surface area contributed by atoms with Gasteiger partial charge in [-0.15, -0.1) is 11.8 Å². The molecule has 4 rings (SSSR count). The molecule has 0 spiro atoms. The van der Waals surface area contributed by atoms with Crippen LogP contribution in [0.2, 0.25) is 5.02 Å². The molecule has 13 heteroatoms. The number of aromatic amines is 1. The van der Waals surface area contributed by atoms with Gasteiger partial charge in [-0.1, -0.05) is 11.6 Å². The van der Waals surface area contributed by atoms with Gasteiger partial charge < -0.3 is 25.7 Å². The molecule has 1 aromatic heterocycles. The Balaban J connectivity index is 1.49. The van der Waals surface area contributed by atoms with E-state index in [-0.39, 0.29) is 11.2 Å². The predicted octanol–water partition coefficient (Wildman–Crippen LogP) is 5.65. The van der Waals surface area contributed by atoms with Gasteiger partial charge >= 0.3 is 12.2 Å². The summed E-state index contributed by atoms with van der Waals surface area (Å²) in [6.45, 7) is 0.456. The Morgan fingerprint density at radius 1 is 1.20 bits per heavy atom. The zero-order valence-electron chi connectivity index (χ0n) is 17.9. The van der Waals surface area contributed by atoms with Crippen molar-refractivity contribution in [1.82, 2.24) is 9.97 Å². The van der Waals surface area contributed by atoms with Gasteiger partial charge in [-0.25, -0.2) is 9.78 Å². The maximum Gasteiger partial charge on any atom is 0.417 e. The van der Waals surface area contributed by atoms with Gasteiger partial charge in [-0.05, 0) is 48.7 Å². The van der Waals surface area contributed by atoms with Crippen LogP contribution in [0.3, 0.4) is 0 Å². The molecule has 0 radical (unpaired) electrons. The molecule has 0 bridgehead atoms. The SMILES string of the molecule is CSc1cc(OC2=CCNc3ncc(=O)[nH]c32)ccc1NC(=O)Nc1ccc(Cl)c(C(F)(F)F)c1. The normalized spacial score (nSPS) is 12.8. The van der Waals surface area contributed by atoms with E-state index in [0.717, 1.165) is 12.1 Å². The van der Waals surface area contributed by atoms with E-state index in [2.05, 4.69) is 25.9 Å². The molecule has 0 unspecified atom stereocenters. The number of hydrogen-bond acceptors (Lipinski definition) is 6. The number of nitrogens with zero attached hydrogens (tertiary/aromatic N) is 1. The smallest absolute Gasteiger partial charge is 0.417 e. The molecule has 182 valence electrons. The fourth-order valence-corrected chi connectivity index (χ4v) is 4.02. The molecule has 2 amide bonds. The second-order valence-corrected chi connectivity index (χ2v) is 8.41. The van der Waals surface area contributed by atoms with Crippen LogP contribution in [-0.2, 0) is 6.18 Å². The fraction of sp³-hybridized carbons (Fsp3) is 0.136. The second-order valence-electron chi connectivity index (χ2n) is 7.16. The van der Waals surface area contributed by atoms with E-state index in [1.165, 1.54) is 24.0 Å². The van der Waals surface area contributed by atoms with Crippen LogP contribution in [-0.4, -0.2) is 28.8 Å². The zero-order chi connectivity index (χ0) is 25.2. The van der Waals surface area contributed by atoms with Crippen LogP contribution < -0.4 is 26.2 Å². The number of anilines is 3. The van der Waals surface area contributed by atoms with Crippen LogP contribution in [0, 0.1) is 0 Å². The molecule has 2 heterocycles. The summed E-state index contributed by atoms with van der Waals surface area (Å²) in [6.07, 6.45) is 0.0533. The summed E-state index contributed by atoms with van der Waals surface area (Å²) in [6, 6.07) is 7.25. The highest BCUT2D eigenvalue weighted by Crippen LogP contribution is 2.36. The van der Waals surface area contributed by atoms with Crippen molar-refractivity contribution in [3.8, 4) is 5.75 Å². The molecule has 1 aliphatic rings. The first-order valence-electron chi connectivity index (χ1n) is 9.98. The minimum absolute atomic E-state index is 0.0657. The maximum absolute atomic E-state index is 13.1. The molecular formula is C22H17ClF3N5O3S. The molecule has 0 saturated heterocycles. The van der Waals surface area contributed by atoms with Crippen molar-refractivity contribution in [2.24, 2.45) is 0 Å². The zero-order valence-corrected chi connectivity index (χ0v) is 19.5. The predicted molar refractivity (Wildman–Crippen MR) is 129 cm³/mol. The van der Waals surface area contributed by atoms with Gasteiger partial charge in [0.15, 0.2) is 11.6 Å². The highest BCUT2D eigenvalue weighted by molar-refractivity contribution is 7.98. The van der Waals surface area contributed by atoms with Crippen molar-refractivity contribution >= 4 is 52.3 Å². The third-order valence-corrected chi connectivity index (χ3v) is 5.89. The Hall–Kier alpha value is -3.64. The van der Waals surface area contributed by atoms with Crippen molar-refractivity contribution in [3.05, 3.63) is 75.3 Å². The van der Waals surface area contributed by atoms with E-state index in [0.29, 0.717) is 40.1 Å². The van der Waals surface area contributed by atoms with E-state index in [1.54, 1.807) is 30.5 Å². The van der Waals surface area contributed by atoms with Crippen molar-refractivity contribution in [2.75, 3.05) is 28.8 Å². The topological polar surface area (TPSA) is 108 Å². The molecule has 0 fully saturated rings. The Morgan fingerprint density at radius 2 is 2.00 bits per heavy atom. The van der Waals surface area contributed by atoms with E-state index in [1.807, 2.05) is 0 Å². The van der Waals surface area contributed by atoms with E-state index in [9.17, 15) is 22.8 Å². The molecular weight excluding hydrogens is 507 g/mol. The molecule has 0 saturated carbocycles. The van der Waals surface area contributed by atoms with Crippen LogP contribution in [0.25, 0.3) is 5.76 Å². The number of carbonyl (C=O) groups is 1. The molecule has 35 heavy (non-hydrogen) atoms. The van der Waals surface area contributed by atoms with Crippen LogP contribution in [0.4, 0.5) is 35.2 Å². The Morgan fingerprint density at radius 3 is 2.74 bits per heavy atom. The van der Waals surface area contributed by atoms with E-state index < -0.39 is 22.8 Å². The Labute approximate surface area is 205 Å². The molecule has 8 nitrogen and oxygen atoms in total. The summed E-state index contributed by atoms with van der Waals surface area (Å²) in [5.74, 6) is 1.34. The van der Waals surface area contributed by atoms with Gasteiger partial charge in [0.2, 0.25) is 0 Å². The Bertz CT molecular complexity index is 1380. The van der Waals surface area contributed by atoms with Crippen LogP contribution in [0.15, 0.2) is 58.4 Å². The van der Waals surface area contributed by atoms with Gasteiger partial charge in [-0.2, -0.15) is 13.2 Å². The average Bonchev–Trinajstić information content (AvgIpc) is 2.81. The number of halogens is 4. The monoisotopic (exact) mass is 523 g/mol. The summed E-state index contributed by atoms with van der Waals surface area (Å²) in [7, 11) is 0.